The van der Waals surface area contributed by atoms with E-state index in [1.165, 1.54) is 10.6 Å². The number of hydrogen-bond acceptors (Lipinski definition) is 7. The van der Waals surface area contributed by atoms with E-state index in [-0.39, 0.29) is 35.2 Å². The summed E-state index contributed by atoms with van der Waals surface area (Å²) in [6.07, 6.45) is -2.43. The van der Waals surface area contributed by atoms with Gasteiger partial charge in [0, 0.05) is 13.1 Å². The number of hydrogen-bond donors (Lipinski definition) is 1. The molecule has 0 spiro atoms. The Morgan fingerprint density at radius 1 is 1.29 bits per heavy atom. The van der Waals surface area contributed by atoms with Gasteiger partial charge in [0.1, 0.15) is 17.5 Å². The van der Waals surface area contributed by atoms with Gasteiger partial charge >= 0.3 is 0 Å². The number of likely N-dealkylation sites (tertiary alicyclic amines) is 1. The lowest BCUT2D eigenvalue weighted by Gasteiger charge is -2.42. The average Bonchev–Trinajstić information content (AvgIpc) is 3.33. The molecule has 2 saturated heterocycles. The van der Waals surface area contributed by atoms with E-state index in [9.17, 15) is 8.78 Å². The zero-order valence-electron chi connectivity index (χ0n) is 23.4. The predicted molar refractivity (Wildman–Crippen MR) is 132 cm³/mol. The van der Waals surface area contributed by atoms with Crippen molar-refractivity contribution in [3.8, 4) is 17.0 Å². The van der Waals surface area contributed by atoms with E-state index < -0.39 is 43.9 Å². The quantitative estimate of drug-likeness (QED) is 0.361. The first-order valence-corrected chi connectivity index (χ1v) is 12.2. The van der Waals surface area contributed by atoms with Crippen LogP contribution in [-0.2, 0) is 11.3 Å². The van der Waals surface area contributed by atoms with Gasteiger partial charge in [0.2, 0.25) is 11.8 Å². The molecule has 2 atom stereocenters. The lowest BCUT2D eigenvalue weighted by molar-refractivity contribution is -0.0794. The minimum absolute atomic E-state index is 0.0838. The van der Waals surface area contributed by atoms with Crippen LogP contribution in [0.2, 0.25) is 0 Å². The number of methoxy groups -OCH3 is 1. The average molecular weight is 537 g/mol. The summed E-state index contributed by atoms with van der Waals surface area (Å²) >= 11 is 0. The summed E-state index contributed by atoms with van der Waals surface area (Å²) in [5.41, 5.74) is 0.875. The third-order valence-electron chi connectivity index (χ3n) is 7.22. The van der Waals surface area contributed by atoms with Crippen molar-refractivity contribution >= 4 is 22.5 Å². The molecular formula is C25H27F4N7O2. The second kappa shape index (κ2) is 9.70. The van der Waals surface area contributed by atoms with Gasteiger partial charge in [-0.2, -0.15) is 4.98 Å². The molecule has 4 aromatic rings. The summed E-state index contributed by atoms with van der Waals surface area (Å²) in [6, 6.07) is 4.13. The van der Waals surface area contributed by atoms with Crippen LogP contribution in [0.5, 0.6) is 5.88 Å². The van der Waals surface area contributed by atoms with Crippen molar-refractivity contribution in [3.63, 3.8) is 0 Å². The molecule has 1 aromatic carbocycles. The van der Waals surface area contributed by atoms with Crippen LogP contribution in [0.3, 0.4) is 0 Å². The summed E-state index contributed by atoms with van der Waals surface area (Å²) in [5.74, 6) is -0.990. The van der Waals surface area contributed by atoms with Crippen molar-refractivity contribution in [2.45, 2.75) is 44.6 Å². The number of imidazole rings is 1. The SMILES string of the molecule is [2H]C([2H])([2H])Oc1nc(N[C@H]2CCN(C3COC3)C[C@@H]2F)nn2cc(F)c(-c3ccc4nc(C)n(CC(F)F)c4c3)c12. The fourth-order valence-corrected chi connectivity index (χ4v) is 5.22. The monoisotopic (exact) mass is 536 g/mol. The molecule has 0 amide bonds. The van der Waals surface area contributed by atoms with Crippen molar-refractivity contribution in [1.82, 2.24) is 29.0 Å². The second-order valence-corrected chi connectivity index (χ2v) is 9.59. The molecule has 9 nitrogen and oxygen atoms in total. The lowest BCUT2D eigenvalue weighted by Crippen LogP contribution is -2.57. The third-order valence-corrected chi connectivity index (χ3v) is 7.22. The Bertz CT molecular complexity index is 1590. The van der Waals surface area contributed by atoms with Crippen molar-refractivity contribution in [3.05, 3.63) is 36.0 Å². The topological polar surface area (TPSA) is 81.7 Å². The highest BCUT2D eigenvalue weighted by Gasteiger charge is 2.36. The Labute approximate surface area is 219 Å². The Balaban J connectivity index is 1.38. The van der Waals surface area contributed by atoms with Crippen molar-refractivity contribution in [2.75, 3.05) is 38.7 Å². The molecule has 202 valence electrons. The molecule has 2 fully saturated rings. The van der Waals surface area contributed by atoms with E-state index in [2.05, 4.69) is 20.4 Å². The van der Waals surface area contributed by atoms with Gasteiger partial charge in [-0.1, -0.05) is 6.07 Å². The van der Waals surface area contributed by atoms with E-state index in [0.717, 1.165) is 10.7 Å². The molecule has 5 heterocycles. The Morgan fingerprint density at radius 2 is 2.13 bits per heavy atom. The summed E-state index contributed by atoms with van der Waals surface area (Å²) in [4.78, 5) is 10.5. The first-order chi connectivity index (χ1) is 19.5. The number of fused-ring (bicyclic) bond motifs is 2. The maximum Gasteiger partial charge on any atom is 0.256 e. The van der Waals surface area contributed by atoms with E-state index in [1.54, 1.807) is 19.1 Å². The van der Waals surface area contributed by atoms with Gasteiger partial charge in [0.05, 0.1) is 65.8 Å². The Morgan fingerprint density at radius 3 is 2.84 bits per heavy atom. The first-order valence-electron chi connectivity index (χ1n) is 13.7. The van der Waals surface area contributed by atoms with Gasteiger partial charge < -0.3 is 19.4 Å². The number of benzene rings is 1. The van der Waals surface area contributed by atoms with Gasteiger partial charge in [-0.25, -0.2) is 27.1 Å². The van der Waals surface area contributed by atoms with Crippen molar-refractivity contribution in [2.24, 2.45) is 0 Å². The van der Waals surface area contributed by atoms with Crippen LogP contribution in [0.25, 0.3) is 27.7 Å². The summed E-state index contributed by atoms with van der Waals surface area (Å²) < 4.78 is 92.8. The van der Waals surface area contributed by atoms with Crippen LogP contribution in [0, 0.1) is 12.7 Å². The number of ether oxygens (including phenoxy) is 2. The number of aryl methyl sites for hydroxylation is 1. The van der Waals surface area contributed by atoms with Gasteiger partial charge in [0.15, 0.2) is 5.82 Å². The Hall–Kier alpha value is -3.45. The Kier molecular flexibility index (Phi) is 5.48. The molecule has 0 saturated carbocycles. The highest BCUT2D eigenvalue weighted by molar-refractivity contribution is 5.90. The van der Waals surface area contributed by atoms with Crippen LogP contribution in [0.15, 0.2) is 24.4 Å². The fourth-order valence-electron chi connectivity index (χ4n) is 5.22. The number of rotatable bonds is 7. The van der Waals surface area contributed by atoms with Gasteiger partial charge in [-0.3, -0.25) is 4.90 Å². The maximum absolute atomic E-state index is 15.5. The van der Waals surface area contributed by atoms with E-state index in [4.69, 9.17) is 13.6 Å². The van der Waals surface area contributed by atoms with Crippen LogP contribution in [0.4, 0.5) is 23.5 Å². The predicted octanol–water partition coefficient (Wildman–Crippen LogP) is 3.69. The third kappa shape index (κ3) is 4.33. The molecule has 2 aliphatic heterocycles. The molecule has 6 rings (SSSR count). The molecule has 0 aliphatic carbocycles. The molecule has 3 aromatic heterocycles. The number of halogens is 4. The molecule has 0 unspecified atom stereocenters. The minimum Gasteiger partial charge on any atom is -0.479 e. The normalized spacial score (nSPS) is 22.4. The second-order valence-electron chi connectivity index (χ2n) is 9.59. The largest absolute Gasteiger partial charge is 0.479 e. The maximum atomic E-state index is 15.5. The standard InChI is InChI=1S/C25H27F4N7O2/c1-13-30-19-4-3-14(7-20(19)35(13)10-21(28)29)22-17(27)9-36-23(22)24(37-2)32-25(33-36)31-18-5-6-34(8-16(18)26)15-11-38-12-15/h3-4,7,9,15-16,18,21H,5-6,8,10-12H2,1-2H3,(H,31,33)/t16-,18-/m0/s1/i2D3. The van der Waals surface area contributed by atoms with Crippen LogP contribution >= 0.6 is 0 Å². The molecular weight excluding hydrogens is 506 g/mol. The zero-order chi connectivity index (χ0) is 29.1. The van der Waals surface area contributed by atoms with E-state index >= 15 is 8.78 Å². The molecule has 1 N–H and O–H groups in total. The summed E-state index contributed by atoms with van der Waals surface area (Å²) in [7, 11) is -2.94. The molecule has 38 heavy (non-hydrogen) atoms. The van der Waals surface area contributed by atoms with E-state index in [0.29, 0.717) is 43.0 Å². The molecule has 13 heteroatoms. The number of anilines is 1. The highest BCUT2D eigenvalue weighted by atomic mass is 19.3. The number of nitrogens with one attached hydrogen (secondary N) is 1. The fraction of sp³-hybridized carbons (Fsp3) is 0.480. The molecule has 0 bridgehead atoms. The number of alkyl halides is 3. The highest BCUT2D eigenvalue weighted by Crippen LogP contribution is 2.36. The molecule has 2 aliphatic rings. The van der Waals surface area contributed by atoms with E-state index in [1.807, 2.05) is 4.90 Å². The smallest absolute Gasteiger partial charge is 0.256 e. The first kappa shape index (κ1) is 21.5. The van der Waals surface area contributed by atoms with Crippen LogP contribution in [-0.4, -0.2) is 87.1 Å². The van der Waals surface area contributed by atoms with Crippen molar-refractivity contribution < 1.29 is 31.1 Å². The van der Waals surface area contributed by atoms with Gasteiger partial charge in [0.25, 0.3) is 6.43 Å². The number of nitrogens with zero attached hydrogens (tertiary/aromatic N) is 6. The van der Waals surface area contributed by atoms with Crippen LogP contribution < -0.4 is 10.1 Å². The molecule has 0 radical (unpaired) electrons. The van der Waals surface area contributed by atoms with Crippen molar-refractivity contribution in [1.29, 1.82) is 0 Å². The van der Waals surface area contributed by atoms with Gasteiger partial charge in [-0.15, -0.1) is 5.10 Å². The zero-order valence-corrected chi connectivity index (χ0v) is 20.4. The van der Waals surface area contributed by atoms with Crippen LogP contribution in [0.1, 0.15) is 16.4 Å². The number of piperidine rings is 1. The summed E-state index contributed by atoms with van der Waals surface area (Å²) in [5, 5.41) is 7.20. The lowest BCUT2D eigenvalue weighted by atomic mass is 10.0. The van der Waals surface area contributed by atoms with Gasteiger partial charge in [-0.05, 0) is 31.0 Å². The summed E-state index contributed by atoms with van der Waals surface area (Å²) in [6.45, 7) is 2.96. The minimum atomic E-state index is -2.94. The number of aromatic nitrogens is 5.